The van der Waals surface area contributed by atoms with Crippen LogP contribution in [0.5, 0.6) is 0 Å². The molecule has 7 heteroatoms. The zero-order chi connectivity index (χ0) is 13.8. The fourth-order valence-corrected chi connectivity index (χ4v) is 3.17. The van der Waals surface area contributed by atoms with Crippen LogP contribution in [0.2, 0.25) is 0 Å². The van der Waals surface area contributed by atoms with Crippen molar-refractivity contribution < 1.29 is 27.5 Å². The van der Waals surface area contributed by atoms with Gasteiger partial charge in [0.05, 0.1) is 0 Å². The number of aromatic carboxylic acids is 1. The molecule has 0 bridgehead atoms. The molecule has 1 aromatic heterocycles. The largest absolute Gasteiger partial charge is 0.475 e. The minimum Gasteiger partial charge on any atom is -0.475 e. The summed E-state index contributed by atoms with van der Waals surface area (Å²) in [5.74, 6) is -2.37. The van der Waals surface area contributed by atoms with Crippen LogP contribution in [0.1, 0.15) is 53.7 Å². The number of oxazole rings is 1. The Morgan fingerprint density at radius 2 is 1.84 bits per heavy atom. The maximum atomic E-state index is 12.7. The van der Waals surface area contributed by atoms with E-state index in [0.717, 1.165) is 25.7 Å². The van der Waals surface area contributed by atoms with E-state index >= 15 is 0 Å². The van der Waals surface area contributed by atoms with Gasteiger partial charge in [-0.05, 0) is 24.7 Å². The highest BCUT2D eigenvalue weighted by Gasteiger charge is 2.55. The molecule has 4 nitrogen and oxygen atoms in total. The lowest BCUT2D eigenvalue weighted by Crippen LogP contribution is -2.11. The molecule has 104 valence electrons. The van der Waals surface area contributed by atoms with Gasteiger partial charge in [0.25, 0.3) is 0 Å². The number of carboxylic acid groups (broad SMARTS) is 1. The van der Waals surface area contributed by atoms with E-state index in [0.29, 0.717) is 11.8 Å². The number of alkyl halides is 3. The molecule has 1 N–H and O–H groups in total. The molecule has 2 aliphatic rings. The monoisotopic (exact) mass is 275 g/mol. The van der Waals surface area contributed by atoms with Crippen LogP contribution in [0.15, 0.2) is 4.42 Å². The molecule has 0 amide bonds. The summed E-state index contributed by atoms with van der Waals surface area (Å²) in [6.07, 6.45) is -0.745. The molecule has 2 fully saturated rings. The Labute approximate surface area is 106 Å². The van der Waals surface area contributed by atoms with E-state index in [1.807, 2.05) is 0 Å². The number of nitrogens with zero attached hydrogens (tertiary/aromatic N) is 1. The summed E-state index contributed by atoms with van der Waals surface area (Å²) in [7, 11) is 0. The number of aromatic nitrogens is 1. The lowest BCUT2D eigenvalue weighted by Gasteiger charge is -2.04. The van der Waals surface area contributed by atoms with Crippen LogP contribution in [0.3, 0.4) is 0 Å². The third-order valence-electron chi connectivity index (χ3n) is 4.05. The van der Waals surface area contributed by atoms with E-state index < -0.39 is 23.6 Å². The first-order valence-corrected chi connectivity index (χ1v) is 6.21. The van der Waals surface area contributed by atoms with Crippen molar-refractivity contribution in [1.82, 2.24) is 4.98 Å². The summed E-state index contributed by atoms with van der Waals surface area (Å²) < 4.78 is 43.0. The van der Waals surface area contributed by atoms with Gasteiger partial charge in [-0.1, -0.05) is 12.8 Å². The second-order valence-corrected chi connectivity index (χ2v) is 5.17. The van der Waals surface area contributed by atoms with Crippen molar-refractivity contribution in [2.45, 2.75) is 37.8 Å². The van der Waals surface area contributed by atoms with Gasteiger partial charge < -0.3 is 9.52 Å². The predicted molar refractivity (Wildman–Crippen MR) is 56.7 cm³/mol. The Morgan fingerprint density at radius 3 is 2.26 bits per heavy atom. The first-order chi connectivity index (χ1) is 8.89. The number of hydrogen-bond acceptors (Lipinski definition) is 3. The summed E-state index contributed by atoms with van der Waals surface area (Å²) in [5.41, 5.74) is -1.42. The number of rotatable bonds is 2. The first kappa shape index (κ1) is 12.5. The summed E-state index contributed by atoms with van der Waals surface area (Å²) in [6.45, 7) is 0. The highest BCUT2D eigenvalue weighted by atomic mass is 19.4. The van der Waals surface area contributed by atoms with Gasteiger partial charge in [-0.3, -0.25) is 0 Å². The van der Waals surface area contributed by atoms with Gasteiger partial charge in [0.2, 0.25) is 5.76 Å². The lowest BCUT2D eigenvalue weighted by atomic mass is 10.0. The number of hydrogen-bond donors (Lipinski definition) is 1. The van der Waals surface area contributed by atoms with E-state index in [4.69, 9.17) is 9.52 Å². The van der Waals surface area contributed by atoms with Crippen molar-refractivity contribution in [2.24, 2.45) is 11.8 Å². The fraction of sp³-hybridized carbons (Fsp3) is 0.667. The number of fused-ring (bicyclic) bond motifs is 1. The van der Waals surface area contributed by atoms with Crippen molar-refractivity contribution in [1.29, 1.82) is 0 Å². The van der Waals surface area contributed by atoms with Crippen molar-refractivity contribution in [3.8, 4) is 0 Å². The first-order valence-electron chi connectivity index (χ1n) is 6.21. The molecule has 0 spiro atoms. The number of carbonyl (C=O) groups is 1. The molecule has 0 aromatic carbocycles. The summed E-state index contributed by atoms with van der Waals surface area (Å²) in [6, 6.07) is 0. The normalized spacial score (nSPS) is 29.9. The van der Waals surface area contributed by atoms with Crippen LogP contribution in [-0.4, -0.2) is 16.1 Å². The van der Waals surface area contributed by atoms with Crippen LogP contribution < -0.4 is 0 Å². The van der Waals surface area contributed by atoms with Crippen LogP contribution in [0, 0.1) is 11.8 Å². The Kier molecular flexibility index (Phi) is 2.62. The lowest BCUT2D eigenvalue weighted by molar-refractivity contribution is -0.141. The molecule has 3 rings (SSSR count). The second kappa shape index (κ2) is 3.98. The van der Waals surface area contributed by atoms with Crippen LogP contribution >= 0.6 is 0 Å². The van der Waals surface area contributed by atoms with Gasteiger partial charge >= 0.3 is 12.1 Å². The summed E-state index contributed by atoms with van der Waals surface area (Å²) >= 11 is 0. The number of carboxylic acids is 1. The van der Waals surface area contributed by atoms with Crippen molar-refractivity contribution in [3.63, 3.8) is 0 Å². The molecule has 1 heterocycles. The third kappa shape index (κ3) is 2.01. The smallest absolute Gasteiger partial charge is 0.437 e. The average Bonchev–Trinajstić information content (AvgIpc) is 2.86. The standard InChI is InChI=1S/C12H12F3NO3/c13-12(14,15)9-8(11(17)18)19-10(16-9)7-5-3-1-2-4-6(5)7/h5-7H,1-4H2,(H,17,18). The van der Waals surface area contributed by atoms with Crippen molar-refractivity contribution >= 4 is 5.97 Å². The SMILES string of the molecule is O=C(O)c1oc(C2C3CCCCC32)nc1C(F)(F)F. The Balaban J connectivity index is 1.94. The van der Waals surface area contributed by atoms with Crippen LogP contribution in [-0.2, 0) is 6.18 Å². The molecule has 0 aliphatic heterocycles. The van der Waals surface area contributed by atoms with E-state index in [1.54, 1.807) is 0 Å². The fourth-order valence-electron chi connectivity index (χ4n) is 3.17. The highest BCUT2D eigenvalue weighted by molar-refractivity contribution is 5.85. The van der Waals surface area contributed by atoms with Crippen LogP contribution in [0.25, 0.3) is 0 Å². The molecule has 0 saturated heterocycles. The van der Waals surface area contributed by atoms with Crippen molar-refractivity contribution in [3.05, 3.63) is 17.3 Å². The van der Waals surface area contributed by atoms with Gasteiger partial charge in [0.15, 0.2) is 11.6 Å². The maximum Gasteiger partial charge on any atom is 0.437 e. The molecule has 0 radical (unpaired) electrons. The van der Waals surface area contributed by atoms with Crippen LogP contribution in [0.4, 0.5) is 13.2 Å². The van der Waals surface area contributed by atoms with Gasteiger partial charge in [-0.15, -0.1) is 0 Å². The topological polar surface area (TPSA) is 63.3 Å². The highest BCUT2D eigenvalue weighted by Crippen LogP contribution is 2.61. The zero-order valence-corrected chi connectivity index (χ0v) is 9.91. The van der Waals surface area contributed by atoms with E-state index in [2.05, 4.69) is 4.98 Å². The summed E-state index contributed by atoms with van der Waals surface area (Å²) in [4.78, 5) is 14.2. The van der Waals surface area contributed by atoms with E-state index in [9.17, 15) is 18.0 Å². The minimum atomic E-state index is -4.80. The quantitative estimate of drug-likeness (QED) is 0.899. The van der Waals surface area contributed by atoms with E-state index in [-0.39, 0.29) is 11.8 Å². The molecule has 19 heavy (non-hydrogen) atoms. The number of halogens is 3. The molecular formula is C12H12F3NO3. The third-order valence-corrected chi connectivity index (χ3v) is 4.05. The Morgan fingerprint density at radius 1 is 1.26 bits per heavy atom. The van der Waals surface area contributed by atoms with Crippen molar-refractivity contribution in [2.75, 3.05) is 0 Å². The predicted octanol–water partition coefficient (Wildman–Crippen LogP) is 3.30. The zero-order valence-electron chi connectivity index (χ0n) is 9.91. The summed E-state index contributed by atoms with van der Waals surface area (Å²) in [5, 5.41) is 8.77. The minimum absolute atomic E-state index is 0.0541. The molecule has 2 aliphatic carbocycles. The Hall–Kier alpha value is -1.53. The molecule has 2 unspecified atom stereocenters. The molecule has 2 atom stereocenters. The van der Waals surface area contributed by atoms with Gasteiger partial charge in [-0.2, -0.15) is 13.2 Å². The van der Waals surface area contributed by atoms with Gasteiger partial charge in [0, 0.05) is 5.92 Å². The van der Waals surface area contributed by atoms with Gasteiger partial charge in [0.1, 0.15) is 0 Å². The molecule has 2 saturated carbocycles. The van der Waals surface area contributed by atoms with Gasteiger partial charge in [-0.25, -0.2) is 9.78 Å². The maximum absolute atomic E-state index is 12.7. The second-order valence-electron chi connectivity index (χ2n) is 5.17. The average molecular weight is 275 g/mol. The Bertz CT molecular complexity index is 511. The molecule has 1 aromatic rings. The molecular weight excluding hydrogens is 263 g/mol. The van der Waals surface area contributed by atoms with E-state index in [1.165, 1.54) is 0 Å².